The van der Waals surface area contributed by atoms with E-state index in [1.54, 1.807) is 25.1 Å². The van der Waals surface area contributed by atoms with Crippen LogP contribution in [0.2, 0.25) is 0 Å². The van der Waals surface area contributed by atoms with E-state index in [4.69, 9.17) is 9.15 Å². The van der Waals surface area contributed by atoms with Gasteiger partial charge < -0.3 is 30.0 Å². The summed E-state index contributed by atoms with van der Waals surface area (Å²) in [6.07, 6.45) is 1.26. The molecule has 3 aromatic rings. The van der Waals surface area contributed by atoms with Crippen molar-refractivity contribution in [2.75, 3.05) is 19.0 Å². The summed E-state index contributed by atoms with van der Waals surface area (Å²) < 4.78 is 10.7. The van der Waals surface area contributed by atoms with E-state index >= 15 is 0 Å². The number of nitrogens with zero attached hydrogens (tertiary/aromatic N) is 1. The molecule has 0 saturated carbocycles. The Hall–Kier alpha value is -4.34. The SMILES string of the molecule is COc1cc([C@@H](CC(=O)NCC(=O)Nc2ccccn2)c2oc(C)cc(=O)c2O)ccc1O. The van der Waals surface area contributed by atoms with Gasteiger partial charge in [-0.05, 0) is 36.8 Å². The Morgan fingerprint density at radius 3 is 2.64 bits per heavy atom. The highest BCUT2D eigenvalue weighted by Crippen LogP contribution is 2.37. The molecule has 0 aliphatic heterocycles. The molecule has 4 N–H and O–H groups in total. The first-order valence-electron chi connectivity index (χ1n) is 9.96. The molecule has 0 aliphatic carbocycles. The highest BCUT2D eigenvalue weighted by atomic mass is 16.5. The van der Waals surface area contributed by atoms with Crippen LogP contribution >= 0.6 is 0 Å². The van der Waals surface area contributed by atoms with Crippen LogP contribution in [0.3, 0.4) is 0 Å². The van der Waals surface area contributed by atoms with Crippen molar-refractivity contribution in [3.05, 3.63) is 76.0 Å². The summed E-state index contributed by atoms with van der Waals surface area (Å²) in [6.45, 7) is 1.23. The molecule has 2 aromatic heterocycles. The summed E-state index contributed by atoms with van der Waals surface area (Å²) in [4.78, 5) is 40.9. The van der Waals surface area contributed by atoms with E-state index in [0.717, 1.165) is 6.07 Å². The molecule has 1 atom stereocenters. The highest BCUT2D eigenvalue weighted by molar-refractivity contribution is 5.93. The Labute approximate surface area is 188 Å². The fourth-order valence-corrected chi connectivity index (χ4v) is 3.19. The number of ether oxygens (including phenoxy) is 1. The van der Waals surface area contributed by atoms with Gasteiger partial charge in [-0.15, -0.1) is 0 Å². The predicted octanol–water partition coefficient (Wildman–Crippen LogP) is 2.04. The van der Waals surface area contributed by atoms with E-state index in [0.29, 0.717) is 11.4 Å². The molecule has 172 valence electrons. The van der Waals surface area contributed by atoms with Gasteiger partial charge in [0, 0.05) is 18.7 Å². The van der Waals surface area contributed by atoms with Crippen molar-refractivity contribution in [2.24, 2.45) is 0 Å². The first-order chi connectivity index (χ1) is 15.8. The summed E-state index contributed by atoms with van der Waals surface area (Å²) in [5.74, 6) is -2.03. The van der Waals surface area contributed by atoms with Gasteiger partial charge in [0.1, 0.15) is 11.6 Å². The molecule has 1 aromatic carbocycles. The number of hydrogen-bond donors (Lipinski definition) is 4. The van der Waals surface area contributed by atoms with Crippen molar-refractivity contribution in [2.45, 2.75) is 19.3 Å². The number of nitrogens with one attached hydrogen (secondary N) is 2. The number of aromatic hydroxyl groups is 2. The van der Waals surface area contributed by atoms with Gasteiger partial charge in [-0.1, -0.05) is 12.1 Å². The van der Waals surface area contributed by atoms with Crippen LogP contribution in [0, 0.1) is 6.92 Å². The molecule has 0 radical (unpaired) electrons. The molecule has 0 aliphatic rings. The average Bonchev–Trinajstić information content (AvgIpc) is 2.80. The van der Waals surface area contributed by atoms with Crippen LogP contribution in [0.15, 0.2) is 57.9 Å². The molecule has 3 rings (SSSR count). The van der Waals surface area contributed by atoms with Crippen LogP contribution in [0.4, 0.5) is 5.82 Å². The second-order valence-corrected chi connectivity index (χ2v) is 7.16. The molecule has 10 heteroatoms. The van der Waals surface area contributed by atoms with Gasteiger partial charge in [-0.25, -0.2) is 4.98 Å². The zero-order valence-electron chi connectivity index (χ0n) is 18.0. The van der Waals surface area contributed by atoms with Gasteiger partial charge in [0.25, 0.3) is 0 Å². The molecular weight excluding hydrogens is 430 g/mol. The number of aromatic nitrogens is 1. The number of benzene rings is 1. The molecule has 0 bridgehead atoms. The van der Waals surface area contributed by atoms with Gasteiger partial charge in [-0.2, -0.15) is 0 Å². The second kappa shape index (κ2) is 10.3. The third kappa shape index (κ3) is 5.88. The van der Waals surface area contributed by atoms with E-state index in [9.17, 15) is 24.6 Å². The number of amides is 2. The quantitative estimate of drug-likeness (QED) is 0.405. The summed E-state index contributed by atoms with van der Waals surface area (Å²) in [6, 6.07) is 10.5. The van der Waals surface area contributed by atoms with Gasteiger partial charge >= 0.3 is 0 Å². The third-order valence-corrected chi connectivity index (χ3v) is 4.76. The van der Waals surface area contributed by atoms with Gasteiger partial charge in [0.05, 0.1) is 19.6 Å². The lowest BCUT2D eigenvalue weighted by molar-refractivity contribution is -0.124. The van der Waals surface area contributed by atoms with E-state index in [1.165, 1.54) is 31.5 Å². The number of anilines is 1. The minimum absolute atomic E-state index is 0.110. The zero-order chi connectivity index (χ0) is 24.0. The summed E-state index contributed by atoms with van der Waals surface area (Å²) >= 11 is 0. The number of rotatable bonds is 8. The number of phenolic OH excluding ortho intramolecular Hbond substituents is 1. The molecule has 0 spiro atoms. The van der Waals surface area contributed by atoms with Crippen LogP contribution in [0.1, 0.15) is 29.4 Å². The Kier molecular flexibility index (Phi) is 7.29. The van der Waals surface area contributed by atoms with E-state index in [-0.39, 0.29) is 36.0 Å². The minimum atomic E-state index is -0.897. The zero-order valence-corrected chi connectivity index (χ0v) is 18.0. The topological polar surface area (TPSA) is 151 Å². The van der Waals surface area contributed by atoms with Crippen LogP contribution < -0.4 is 20.8 Å². The van der Waals surface area contributed by atoms with Crippen molar-refractivity contribution in [1.82, 2.24) is 10.3 Å². The van der Waals surface area contributed by atoms with Crippen molar-refractivity contribution in [1.29, 1.82) is 0 Å². The maximum atomic E-state index is 12.7. The number of hydrogen-bond acceptors (Lipinski definition) is 8. The van der Waals surface area contributed by atoms with Gasteiger partial charge in [0.15, 0.2) is 17.3 Å². The first kappa shape index (κ1) is 23.3. The average molecular weight is 453 g/mol. The summed E-state index contributed by atoms with van der Waals surface area (Å²) in [7, 11) is 1.37. The van der Waals surface area contributed by atoms with E-state index in [2.05, 4.69) is 15.6 Å². The lowest BCUT2D eigenvalue weighted by atomic mass is 9.91. The van der Waals surface area contributed by atoms with Crippen molar-refractivity contribution < 1.29 is 29.0 Å². The fourth-order valence-electron chi connectivity index (χ4n) is 3.19. The smallest absolute Gasteiger partial charge is 0.244 e. The summed E-state index contributed by atoms with van der Waals surface area (Å²) in [5.41, 5.74) is -0.207. The van der Waals surface area contributed by atoms with Crippen LogP contribution in [-0.4, -0.2) is 40.7 Å². The molecule has 10 nitrogen and oxygen atoms in total. The Morgan fingerprint density at radius 1 is 1.15 bits per heavy atom. The number of pyridine rings is 1. The molecule has 0 saturated heterocycles. The minimum Gasteiger partial charge on any atom is -0.504 e. The van der Waals surface area contributed by atoms with Gasteiger partial charge in [0.2, 0.25) is 23.0 Å². The molecule has 33 heavy (non-hydrogen) atoms. The van der Waals surface area contributed by atoms with Crippen LogP contribution in [0.5, 0.6) is 17.2 Å². The maximum Gasteiger partial charge on any atom is 0.244 e. The lowest BCUT2D eigenvalue weighted by Crippen LogP contribution is -2.34. The maximum absolute atomic E-state index is 12.7. The largest absolute Gasteiger partial charge is 0.504 e. The number of carbonyl (C=O) groups is 2. The molecule has 0 unspecified atom stereocenters. The van der Waals surface area contributed by atoms with Crippen LogP contribution in [-0.2, 0) is 9.59 Å². The highest BCUT2D eigenvalue weighted by Gasteiger charge is 2.27. The molecule has 0 fully saturated rings. The van der Waals surface area contributed by atoms with E-state index in [1.807, 2.05) is 0 Å². The Morgan fingerprint density at radius 2 is 1.94 bits per heavy atom. The Bertz CT molecular complexity index is 1210. The van der Waals surface area contributed by atoms with Crippen molar-refractivity contribution >= 4 is 17.6 Å². The van der Waals surface area contributed by atoms with E-state index < -0.39 is 28.9 Å². The standard InChI is InChI=1S/C23H23N3O7/c1-13-9-17(28)22(31)23(33-13)15(14-6-7-16(27)18(10-14)32-2)11-20(29)25-12-21(30)26-19-5-3-4-8-24-19/h3-10,15,27,31H,11-12H2,1-2H3,(H,25,29)(H,24,26,30)/t15-/m1/s1. The molecule has 2 heterocycles. The normalized spacial score (nSPS) is 11.5. The molecular formula is C23H23N3O7. The first-order valence-corrected chi connectivity index (χ1v) is 9.96. The van der Waals surface area contributed by atoms with Crippen molar-refractivity contribution in [3.8, 4) is 17.2 Å². The number of carbonyl (C=O) groups excluding carboxylic acids is 2. The number of aryl methyl sites for hydroxylation is 1. The lowest BCUT2D eigenvalue weighted by Gasteiger charge is -2.19. The van der Waals surface area contributed by atoms with Crippen LogP contribution in [0.25, 0.3) is 0 Å². The van der Waals surface area contributed by atoms with Crippen molar-refractivity contribution in [3.63, 3.8) is 0 Å². The third-order valence-electron chi connectivity index (χ3n) is 4.76. The molecule has 2 amide bonds. The number of methoxy groups -OCH3 is 1. The Balaban J connectivity index is 1.82. The number of phenols is 1. The predicted molar refractivity (Wildman–Crippen MR) is 118 cm³/mol. The van der Waals surface area contributed by atoms with Gasteiger partial charge in [-0.3, -0.25) is 14.4 Å². The monoisotopic (exact) mass is 453 g/mol. The second-order valence-electron chi connectivity index (χ2n) is 7.16. The fraction of sp³-hybridized carbons (Fsp3) is 0.217. The summed E-state index contributed by atoms with van der Waals surface area (Å²) in [5, 5.41) is 25.3.